The highest BCUT2D eigenvalue weighted by atomic mass is 31.1. The van der Waals surface area contributed by atoms with Crippen LogP contribution in [0, 0.1) is 0 Å². The summed E-state index contributed by atoms with van der Waals surface area (Å²) in [6, 6.07) is 0. The molecule has 2 aromatic heterocycles. The van der Waals surface area contributed by atoms with Gasteiger partial charge in [0.1, 0.15) is 51.6 Å². The summed E-state index contributed by atoms with van der Waals surface area (Å²) < 4.78 is 23.6. The monoisotopic (exact) mass is 328 g/mol. The van der Waals surface area contributed by atoms with E-state index in [1.807, 2.05) is 0 Å². The van der Waals surface area contributed by atoms with Gasteiger partial charge < -0.3 is 9.05 Å². The molecule has 0 atom stereocenters. The molecule has 0 aliphatic rings. The molecular weight excluding hydrogens is 315 g/mol. The smallest absolute Gasteiger partial charge is 0.303 e. The van der Waals surface area contributed by atoms with Crippen molar-refractivity contribution in [3.8, 4) is 0 Å². The zero-order valence-electron chi connectivity index (χ0n) is 11.4. The van der Waals surface area contributed by atoms with Crippen LogP contribution in [0.1, 0.15) is 0 Å². The number of aromatic nitrogens is 6. The van der Waals surface area contributed by atoms with Gasteiger partial charge in [0.25, 0.3) is 0 Å². The van der Waals surface area contributed by atoms with Crippen molar-refractivity contribution < 1.29 is 23.2 Å². The van der Waals surface area contributed by atoms with Crippen molar-refractivity contribution in [2.45, 2.75) is 13.1 Å². The fraction of sp³-hybridized carbons (Fsp3) is 0.400. The second-order valence-electron chi connectivity index (χ2n) is 4.09. The SMILES string of the molecule is O=C(CO[PH](=O)OCC(=O)Cn1cncn1)Cn1cncn1. The van der Waals surface area contributed by atoms with E-state index in [1.165, 1.54) is 34.7 Å². The molecule has 118 valence electrons. The Hall–Kier alpha value is -2.23. The fourth-order valence-electron chi connectivity index (χ4n) is 1.40. The van der Waals surface area contributed by atoms with Gasteiger partial charge in [-0.2, -0.15) is 10.2 Å². The van der Waals surface area contributed by atoms with Crippen LogP contribution in [-0.4, -0.2) is 54.3 Å². The molecular formula is C10H13N6O5P. The van der Waals surface area contributed by atoms with Crippen LogP contribution >= 0.6 is 8.25 Å². The first-order chi connectivity index (χ1) is 10.6. The molecule has 0 fully saturated rings. The van der Waals surface area contributed by atoms with E-state index in [9.17, 15) is 14.2 Å². The number of hydrogen-bond donors (Lipinski definition) is 0. The predicted octanol–water partition coefficient (Wildman–Crippen LogP) is -0.869. The van der Waals surface area contributed by atoms with E-state index in [2.05, 4.69) is 20.2 Å². The van der Waals surface area contributed by atoms with Gasteiger partial charge in [0, 0.05) is 0 Å². The van der Waals surface area contributed by atoms with Crippen molar-refractivity contribution in [3.05, 3.63) is 25.3 Å². The van der Waals surface area contributed by atoms with Crippen LogP contribution in [0.15, 0.2) is 25.3 Å². The molecule has 0 aromatic carbocycles. The second-order valence-corrected chi connectivity index (χ2v) is 5.17. The van der Waals surface area contributed by atoms with Crippen molar-refractivity contribution in [2.24, 2.45) is 0 Å². The summed E-state index contributed by atoms with van der Waals surface area (Å²) in [5.41, 5.74) is 0. The Balaban J connectivity index is 1.61. The maximum absolute atomic E-state index is 11.5. The van der Waals surface area contributed by atoms with E-state index < -0.39 is 21.5 Å². The first-order valence-electron chi connectivity index (χ1n) is 6.11. The molecule has 0 unspecified atom stereocenters. The highest BCUT2D eigenvalue weighted by Crippen LogP contribution is 2.23. The maximum Gasteiger partial charge on any atom is 0.319 e. The Kier molecular flexibility index (Phi) is 6.07. The average Bonchev–Trinajstić information content (AvgIpc) is 3.16. The first kappa shape index (κ1) is 16.1. The minimum atomic E-state index is -2.92. The minimum Gasteiger partial charge on any atom is -0.303 e. The molecule has 22 heavy (non-hydrogen) atoms. The standard InChI is InChI=1S/C10H13N6O5P/c17-9(1-15-7-11-5-13-15)3-20-22(19)21-4-10(18)2-16-8-12-6-14-16/h5-8,22H,1-4H2. The van der Waals surface area contributed by atoms with E-state index in [0.29, 0.717) is 0 Å². The minimum absolute atomic E-state index is 0.0413. The third-order valence-electron chi connectivity index (χ3n) is 2.31. The van der Waals surface area contributed by atoms with Gasteiger partial charge in [-0.25, -0.2) is 19.3 Å². The lowest BCUT2D eigenvalue weighted by Gasteiger charge is -2.05. The Morgan fingerprint density at radius 3 is 1.73 bits per heavy atom. The van der Waals surface area contributed by atoms with Gasteiger partial charge in [0.15, 0.2) is 11.6 Å². The summed E-state index contributed by atoms with van der Waals surface area (Å²) in [5, 5.41) is 7.50. The van der Waals surface area contributed by atoms with Crippen molar-refractivity contribution in [2.75, 3.05) is 13.2 Å². The lowest BCUT2D eigenvalue weighted by atomic mass is 10.4. The molecule has 0 N–H and O–H groups in total. The molecule has 2 rings (SSSR count). The van der Waals surface area contributed by atoms with Crippen LogP contribution in [0.2, 0.25) is 0 Å². The largest absolute Gasteiger partial charge is 0.319 e. The molecule has 11 nitrogen and oxygen atoms in total. The molecule has 0 saturated heterocycles. The zero-order valence-corrected chi connectivity index (χ0v) is 12.4. The Morgan fingerprint density at radius 2 is 1.36 bits per heavy atom. The van der Waals surface area contributed by atoms with Crippen molar-refractivity contribution >= 4 is 19.8 Å². The molecule has 2 aromatic rings. The van der Waals surface area contributed by atoms with Crippen LogP contribution < -0.4 is 0 Å². The number of nitrogens with zero attached hydrogens (tertiary/aromatic N) is 6. The van der Waals surface area contributed by atoms with Crippen LogP contribution in [-0.2, 0) is 36.3 Å². The average molecular weight is 328 g/mol. The summed E-state index contributed by atoms with van der Waals surface area (Å²) in [6.07, 6.45) is 5.34. The molecule has 12 heteroatoms. The molecule has 2 heterocycles. The fourth-order valence-corrected chi connectivity index (χ4v) is 2.04. The van der Waals surface area contributed by atoms with Gasteiger partial charge >= 0.3 is 8.25 Å². The normalized spacial score (nSPS) is 11.0. The summed E-state index contributed by atoms with van der Waals surface area (Å²) in [6.45, 7) is -0.870. The topological polar surface area (TPSA) is 131 Å². The van der Waals surface area contributed by atoms with E-state index in [-0.39, 0.29) is 24.7 Å². The van der Waals surface area contributed by atoms with E-state index in [1.54, 1.807) is 0 Å². The molecule has 0 saturated carbocycles. The van der Waals surface area contributed by atoms with Crippen LogP contribution in [0.3, 0.4) is 0 Å². The Bertz CT molecular complexity index is 574. The zero-order chi connectivity index (χ0) is 15.8. The molecule has 0 bridgehead atoms. The van der Waals surface area contributed by atoms with Gasteiger partial charge in [0.2, 0.25) is 0 Å². The van der Waals surface area contributed by atoms with Crippen molar-refractivity contribution in [3.63, 3.8) is 0 Å². The molecule has 0 aliphatic carbocycles. The van der Waals surface area contributed by atoms with E-state index in [4.69, 9.17) is 9.05 Å². The third-order valence-corrected chi connectivity index (χ3v) is 3.07. The molecule has 0 radical (unpaired) electrons. The number of rotatable bonds is 10. The number of Topliss-reactive ketones (excluding diaryl/α,β-unsaturated/α-hetero) is 2. The second kappa shape index (κ2) is 8.27. The molecule has 0 spiro atoms. The van der Waals surface area contributed by atoms with Gasteiger partial charge in [-0.05, 0) is 0 Å². The lowest BCUT2D eigenvalue weighted by molar-refractivity contribution is -0.122. The predicted molar refractivity (Wildman–Crippen MR) is 71.0 cm³/mol. The number of hydrogen-bond acceptors (Lipinski definition) is 9. The first-order valence-corrected chi connectivity index (χ1v) is 7.33. The summed E-state index contributed by atoms with van der Waals surface area (Å²) in [4.78, 5) is 30.3. The van der Waals surface area contributed by atoms with Crippen LogP contribution in [0.5, 0.6) is 0 Å². The lowest BCUT2D eigenvalue weighted by Crippen LogP contribution is -2.16. The molecule has 0 amide bonds. The van der Waals surface area contributed by atoms with E-state index in [0.717, 1.165) is 0 Å². The Labute approximate surface area is 125 Å². The van der Waals surface area contributed by atoms with Gasteiger partial charge in [-0.15, -0.1) is 0 Å². The summed E-state index contributed by atoms with van der Waals surface area (Å²) in [5.74, 6) is -0.692. The van der Waals surface area contributed by atoms with Gasteiger partial charge in [-0.1, -0.05) is 0 Å². The maximum atomic E-state index is 11.5. The third kappa shape index (κ3) is 5.64. The van der Waals surface area contributed by atoms with Gasteiger partial charge in [-0.3, -0.25) is 14.2 Å². The highest BCUT2D eigenvalue weighted by molar-refractivity contribution is 7.33. The highest BCUT2D eigenvalue weighted by Gasteiger charge is 2.10. The van der Waals surface area contributed by atoms with Crippen molar-refractivity contribution in [1.82, 2.24) is 29.5 Å². The number of carbonyl (C=O) groups excluding carboxylic acids is 2. The number of carbonyl (C=O) groups is 2. The quantitative estimate of drug-likeness (QED) is 0.510. The van der Waals surface area contributed by atoms with Crippen LogP contribution in [0.4, 0.5) is 0 Å². The Morgan fingerprint density at radius 1 is 0.909 bits per heavy atom. The number of ketones is 2. The van der Waals surface area contributed by atoms with Crippen LogP contribution in [0.25, 0.3) is 0 Å². The van der Waals surface area contributed by atoms with E-state index >= 15 is 0 Å². The van der Waals surface area contributed by atoms with Gasteiger partial charge in [0.05, 0.1) is 0 Å². The summed E-state index contributed by atoms with van der Waals surface area (Å²) in [7, 11) is -2.92. The summed E-state index contributed by atoms with van der Waals surface area (Å²) >= 11 is 0. The van der Waals surface area contributed by atoms with Crippen molar-refractivity contribution in [1.29, 1.82) is 0 Å². The molecule has 0 aliphatic heterocycles.